The number of anilines is 1. The molecule has 1 aliphatic heterocycles. The van der Waals surface area contributed by atoms with Crippen molar-refractivity contribution in [2.75, 3.05) is 11.9 Å². The molecule has 0 fully saturated rings. The third-order valence-electron chi connectivity index (χ3n) is 4.65. The number of hydrogen-bond donors (Lipinski definition) is 1. The SMILES string of the molecule is CC(=O)OC1=CC(NC(=O)CCc2ccc(Cl)cc2Cl)C(=O)N(C)c2ccccc21. The molecule has 0 saturated heterocycles. The Bertz CT molecular complexity index is 1040. The summed E-state index contributed by atoms with van der Waals surface area (Å²) >= 11 is 12.0. The first kappa shape index (κ1) is 21.9. The highest BCUT2D eigenvalue weighted by Gasteiger charge is 2.30. The van der Waals surface area contributed by atoms with Crippen LogP contribution in [0, 0.1) is 0 Å². The predicted molar refractivity (Wildman–Crippen MR) is 116 cm³/mol. The zero-order valence-electron chi connectivity index (χ0n) is 16.4. The maximum atomic E-state index is 12.9. The summed E-state index contributed by atoms with van der Waals surface area (Å²) in [4.78, 5) is 38.5. The summed E-state index contributed by atoms with van der Waals surface area (Å²) in [5.74, 6) is -0.975. The van der Waals surface area contributed by atoms with E-state index in [1.165, 1.54) is 17.9 Å². The number of fused-ring (bicyclic) bond motifs is 1. The van der Waals surface area contributed by atoms with E-state index in [0.717, 1.165) is 5.56 Å². The second kappa shape index (κ2) is 9.32. The molecule has 0 bridgehead atoms. The van der Waals surface area contributed by atoms with Gasteiger partial charge in [-0.25, -0.2) is 0 Å². The number of esters is 1. The van der Waals surface area contributed by atoms with Gasteiger partial charge in [-0.15, -0.1) is 0 Å². The van der Waals surface area contributed by atoms with Crippen molar-refractivity contribution in [1.29, 1.82) is 0 Å². The number of nitrogens with zero attached hydrogens (tertiary/aromatic N) is 1. The fraction of sp³-hybridized carbons (Fsp3) is 0.227. The lowest BCUT2D eigenvalue weighted by atomic mass is 10.1. The van der Waals surface area contributed by atoms with Gasteiger partial charge in [0.15, 0.2) is 0 Å². The lowest BCUT2D eigenvalue weighted by molar-refractivity contribution is -0.134. The van der Waals surface area contributed by atoms with E-state index in [4.69, 9.17) is 27.9 Å². The molecule has 0 spiro atoms. The van der Waals surface area contributed by atoms with Crippen LogP contribution in [0.4, 0.5) is 5.69 Å². The van der Waals surface area contributed by atoms with Crippen LogP contribution < -0.4 is 10.2 Å². The van der Waals surface area contributed by atoms with Crippen LogP contribution in [0.15, 0.2) is 48.5 Å². The van der Waals surface area contributed by atoms with Gasteiger partial charge in [0.25, 0.3) is 5.91 Å². The highest BCUT2D eigenvalue weighted by Crippen LogP contribution is 2.31. The molecule has 1 unspecified atom stereocenters. The number of hydrogen-bond acceptors (Lipinski definition) is 4. The predicted octanol–water partition coefficient (Wildman–Crippen LogP) is 3.99. The summed E-state index contributed by atoms with van der Waals surface area (Å²) in [7, 11) is 1.61. The third-order valence-corrected chi connectivity index (χ3v) is 5.24. The molecular weight excluding hydrogens is 427 g/mol. The Hall–Kier alpha value is -2.83. The fourth-order valence-corrected chi connectivity index (χ4v) is 3.68. The van der Waals surface area contributed by atoms with Crippen molar-refractivity contribution < 1.29 is 19.1 Å². The minimum Gasteiger partial charge on any atom is -0.426 e. The monoisotopic (exact) mass is 446 g/mol. The van der Waals surface area contributed by atoms with Gasteiger partial charge in [-0.05, 0) is 42.3 Å². The third kappa shape index (κ3) is 5.01. The molecule has 1 aliphatic rings. The van der Waals surface area contributed by atoms with E-state index in [0.29, 0.717) is 27.7 Å². The minimum absolute atomic E-state index is 0.124. The van der Waals surface area contributed by atoms with Crippen molar-refractivity contribution in [3.63, 3.8) is 0 Å². The van der Waals surface area contributed by atoms with Gasteiger partial charge in [0.2, 0.25) is 5.91 Å². The van der Waals surface area contributed by atoms with Crippen molar-refractivity contribution in [2.24, 2.45) is 0 Å². The summed E-state index contributed by atoms with van der Waals surface area (Å²) in [5, 5.41) is 3.71. The number of ether oxygens (including phenoxy) is 1. The lowest BCUT2D eigenvalue weighted by Crippen LogP contribution is -2.46. The number of halogens is 2. The molecule has 8 heteroatoms. The molecule has 2 aromatic rings. The Morgan fingerprint density at radius 1 is 1.17 bits per heavy atom. The highest BCUT2D eigenvalue weighted by atomic mass is 35.5. The molecule has 1 atom stereocenters. The quantitative estimate of drug-likeness (QED) is 0.704. The standard InChI is InChI=1S/C22H20Cl2N2O4/c1-13(27)30-20-12-18(22(29)26(2)19-6-4-3-5-16(19)20)25-21(28)10-8-14-7-9-15(23)11-17(14)24/h3-7,9,11-12,18H,8,10H2,1-2H3,(H,25,28). The number of carbonyl (C=O) groups excluding carboxylic acids is 3. The average molecular weight is 447 g/mol. The summed E-state index contributed by atoms with van der Waals surface area (Å²) in [6, 6.07) is 11.2. The molecule has 0 aliphatic carbocycles. The van der Waals surface area contributed by atoms with Crippen LogP contribution in [0.1, 0.15) is 24.5 Å². The van der Waals surface area contributed by atoms with E-state index >= 15 is 0 Å². The fourth-order valence-electron chi connectivity index (χ4n) is 3.18. The molecule has 0 radical (unpaired) electrons. The van der Waals surface area contributed by atoms with Gasteiger partial charge >= 0.3 is 5.97 Å². The lowest BCUT2D eigenvalue weighted by Gasteiger charge is -2.21. The van der Waals surface area contributed by atoms with Crippen molar-refractivity contribution in [3.05, 3.63) is 69.7 Å². The van der Waals surface area contributed by atoms with E-state index in [1.807, 2.05) is 0 Å². The number of benzene rings is 2. The molecule has 3 rings (SSSR count). The molecule has 0 aromatic heterocycles. The molecule has 30 heavy (non-hydrogen) atoms. The molecule has 0 saturated carbocycles. The Balaban J connectivity index is 1.79. The van der Waals surface area contributed by atoms with E-state index in [1.54, 1.807) is 49.5 Å². The van der Waals surface area contributed by atoms with E-state index in [2.05, 4.69) is 5.32 Å². The Labute approximate surface area is 184 Å². The molecule has 6 nitrogen and oxygen atoms in total. The van der Waals surface area contributed by atoms with Crippen LogP contribution in [0.2, 0.25) is 10.0 Å². The number of aryl methyl sites for hydroxylation is 1. The Kier molecular flexibility index (Phi) is 6.80. The van der Waals surface area contributed by atoms with E-state index < -0.39 is 12.0 Å². The highest BCUT2D eigenvalue weighted by molar-refractivity contribution is 6.35. The van der Waals surface area contributed by atoms with Crippen LogP contribution in [0.5, 0.6) is 0 Å². The van der Waals surface area contributed by atoms with Gasteiger partial charge in [0.1, 0.15) is 11.8 Å². The van der Waals surface area contributed by atoms with Crippen molar-refractivity contribution in [2.45, 2.75) is 25.8 Å². The smallest absolute Gasteiger partial charge is 0.308 e. The van der Waals surface area contributed by atoms with Gasteiger partial charge in [-0.1, -0.05) is 41.4 Å². The zero-order chi connectivity index (χ0) is 21.8. The van der Waals surface area contributed by atoms with Crippen molar-refractivity contribution in [1.82, 2.24) is 5.32 Å². The van der Waals surface area contributed by atoms with E-state index in [-0.39, 0.29) is 24.0 Å². The maximum Gasteiger partial charge on any atom is 0.308 e. The molecule has 1 heterocycles. The van der Waals surface area contributed by atoms with Crippen molar-refractivity contribution in [3.8, 4) is 0 Å². The average Bonchev–Trinajstić information content (AvgIpc) is 2.78. The van der Waals surface area contributed by atoms with Crippen LogP contribution >= 0.6 is 23.2 Å². The summed E-state index contributed by atoms with van der Waals surface area (Å²) < 4.78 is 5.32. The first-order chi connectivity index (χ1) is 14.3. The first-order valence-corrected chi connectivity index (χ1v) is 10.0. The molecule has 156 valence electrons. The Morgan fingerprint density at radius 2 is 1.90 bits per heavy atom. The number of likely N-dealkylation sites (N-methyl/N-ethyl adjacent to an activating group) is 1. The van der Waals surface area contributed by atoms with Crippen LogP contribution in [0.3, 0.4) is 0 Å². The molecule has 2 amide bonds. The molecular formula is C22H20Cl2N2O4. The molecule has 1 N–H and O–H groups in total. The normalized spacial score (nSPS) is 15.7. The zero-order valence-corrected chi connectivity index (χ0v) is 18.0. The summed E-state index contributed by atoms with van der Waals surface area (Å²) in [6.07, 6.45) is 1.97. The van der Waals surface area contributed by atoms with Gasteiger partial charge < -0.3 is 15.0 Å². The number of nitrogens with one attached hydrogen (secondary N) is 1. The van der Waals surface area contributed by atoms with Crippen molar-refractivity contribution >= 4 is 52.4 Å². The number of carbonyl (C=O) groups is 3. The number of para-hydroxylation sites is 1. The van der Waals surface area contributed by atoms with Crippen LogP contribution in [-0.2, 0) is 25.5 Å². The minimum atomic E-state index is -0.982. The second-order valence-corrected chi connectivity index (χ2v) is 7.66. The van der Waals surface area contributed by atoms with Gasteiger partial charge in [-0.3, -0.25) is 14.4 Å². The van der Waals surface area contributed by atoms with E-state index in [9.17, 15) is 14.4 Å². The Morgan fingerprint density at radius 3 is 2.60 bits per heavy atom. The summed E-state index contributed by atoms with van der Waals surface area (Å²) in [6.45, 7) is 1.28. The molecule has 2 aromatic carbocycles. The van der Waals surface area contributed by atoms with Crippen LogP contribution in [0.25, 0.3) is 5.76 Å². The number of amides is 2. The maximum absolute atomic E-state index is 12.9. The number of rotatable bonds is 5. The summed E-state index contributed by atoms with van der Waals surface area (Å²) in [5.41, 5.74) is 1.96. The largest absolute Gasteiger partial charge is 0.426 e. The van der Waals surface area contributed by atoms with Gasteiger partial charge in [-0.2, -0.15) is 0 Å². The van der Waals surface area contributed by atoms with Crippen LogP contribution in [-0.4, -0.2) is 30.9 Å². The van der Waals surface area contributed by atoms with Gasteiger partial charge in [0, 0.05) is 36.0 Å². The topological polar surface area (TPSA) is 75.7 Å². The second-order valence-electron chi connectivity index (χ2n) is 6.82. The first-order valence-electron chi connectivity index (χ1n) is 9.26. The van der Waals surface area contributed by atoms with Gasteiger partial charge in [0.05, 0.1) is 5.69 Å².